The summed E-state index contributed by atoms with van der Waals surface area (Å²) >= 11 is 0. The Morgan fingerprint density at radius 1 is 0.562 bits per heavy atom. The molecule has 0 aliphatic carbocycles. The lowest BCUT2D eigenvalue weighted by molar-refractivity contribution is 0.0460. The molecule has 32 heavy (non-hydrogen) atoms. The van der Waals surface area contributed by atoms with Crippen molar-refractivity contribution in [1.29, 1.82) is 0 Å². The van der Waals surface area contributed by atoms with Crippen LogP contribution in [0.1, 0.15) is 31.8 Å². The smallest absolute Gasteiger partial charge is 0.338 e. The molecule has 0 saturated carbocycles. The van der Waals surface area contributed by atoms with Gasteiger partial charge in [-0.3, -0.25) is 0 Å². The molecule has 0 heterocycles. The second-order valence-corrected chi connectivity index (χ2v) is 7.85. The fraction of sp³-hybridized carbons (Fsp3) is 0.231. The van der Waals surface area contributed by atoms with Crippen LogP contribution in [-0.2, 0) is 22.7 Å². The summed E-state index contributed by atoms with van der Waals surface area (Å²) in [6.07, 6.45) is 0. The van der Waals surface area contributed by atoms with Crippen molar-refractivity contribution in [3.63, 3.8) is 0 Å². The maximum absolute atomic E-state index is 12.2. The fourth-order valence-corrected chi connectivity index (χ4v) is 2.99. The fourth-order valence-electron chi connectivity index (χ4n) is 2.99. The molecule has 6 heteroatoms. The minimum Gasteiger partial charge on any atom is -0.457 e. The van der Waals surface area contributed by atoms with Gasteiger partial charge >= 0.3 is 11.9 Å². The van der Waals surface area contributed by atoms with Crippen molar-refractivity contribution in [3.8, 4) is 0 Å². The van der Waals surface area contributed by atoms with E-state index in [9.17, 15) is 9.59 Å². The van der Waals surface area contributed by atoms with Crippen LogP contribution >= 0.6 is 0 Å². The van der Waals surface area contributed by atoms with Gasteiger partial charge in [0, 0.05) is 39.6 Å². The lowest BCUT2D eigenvalue weighted by Gasteiger charge is -2.12. The van der Waals surface area contributed by atoms with E-state index in [-0.39, 0.29) is 25.2 Å². The molecule has 3 rings (SSSR count). The zero-order chi connectivity index (χ0) is 23.1. The monoisotopic (exact) mass is 432 g/mol. The third kappa shape index (κ3) is 6.11. The van der Waals surface area contributed by atoms with Crippen molar-refractivity contribution in [2.45, 2.75) is 13.2 Å². The van der Waals surface area contributed by atoms with Gasteiger partial charge in [-0.25, -0.2) is 9.59 Å². The van der Waals surface area contributed by atoms with E-state index in [0.29, 0.717) is 11.1 Å². The molecule has 0 aromatic heterocycles. The van der Waals surface area contributed by atoms with Crippen LogP contribution in [0, 0.1) is 0 Å². The zero-order valence-electron chi connectivity index (χ0n) is 18.9. The Hall–Kier alpha value is -3.80. The van der Waals surface area contributed by atoms with Crippen molar-refractivity contribution < 1.29 is 19.1 Å². The number of ether oxygens (including phenoxy) is 2. The van der Waals surface area contributed by atoms with Gasteiger partial charge in [-0.1, -0.05) is 24.3 Å². The van der Waals surface area contributed by atoms with E-state index < -0.39 is 0 Å². The number of esters is 2. The van der Waals surface area contributed by atoms with Crippen LogP contribution in [-0.4, -0.2) is 40.1 Å². The molecule has 3 aromatic carbocycles. The summed E-state index contributed by atoms with van der Waals surface area (Å²) in [5.74, 6) is -0.734. The predicted molar refractivity (Wildman–Crippen MR) is 126 cm³/mol. The Bertz CT molecular complexity index is 954. The van der Waals surface area contributed by atoms with Crippen LogP contribution in [0.15, 0.2) is 72.8 Å². The van der Waals surface area contributed by atoms with E-state index in [1.54, 1.807) is 24.3 Å². The van der Waals surface area contributed by atoms with E-state index in [0.717, 1.165) is 22.5 Å². The van der Waals surface area contributed by atoms with Crippen LogP contribution in [0.2, 0.25) is 0 Å². The molecule has 0 N–H and O–H groups in total. The molecular formula is C26H28N2O4. The Balaban J connectivity index is 1.48. The quantitative estimate of drug-likeness (QED) is 0.488. The van der Waals surface area contributed by atoms with E-state index in [4.69, 9.17) is 9.47 Å². The number of hydrogen-bond donors (Lipinski definition) is 0. The van der Waals surface area contributed by atoms with Gasteiger partial charge in [0.2, 0.25) is 0 Å². The Labute approximate surface area is 189 Å². The van der Waals surface area contributed by atoms with Gasteiger partial charge in [-0.2, -0.15) is 0 Å². The standard InChI is InChI=1S/C26H28N2O4/c1-27(2)23-13-9-21(10-14-23)25(29)31-17-19-5-7-20(8-6-19)18-32-26(30)22-11-15-24(16-12-22)28(3)4/h5-16H,17-18H2,1-4H3. The van der Waals surface area contributed by atoms with Crippen molar-refractivity contribution in [1.82, 2.24) is 0 Å². The molecule has 3 aromatic rings. The van der Waals surface area contributed by atoms with E-state index in [1.165, 1.54) is 0 Å². The average Bonchev–Trinajstić information content (AvgIpc) is 2.81. The van der Waals surface area contributed by atoms with Gasteiger partial charge in [0.1, 0.15) is 13.2 Å². The van der Waals surface area contributed by atoms with Crippen molar-refractivity contribution in [2.75, 3.05) is 38.0 Å². The molecule has 0 bridgehead atoms. The second-order valence-electron chi connectivity index (χ2n) is 7.85. The van der Waals surface area contributed by atoms with Crippen LogP contribution in [0.4, 0.5) is 11.4 Å². The van der Waals surface area contributed by atoms with Gasteiger partial charge in [0.25, 0.3) is 0 Å². The van der Waals surface area contributed by atoms with Crippen molar-refractivity contribution in [2.24, 2.45) is 0 Å². The van der Waals surface area contributed by atoms with E-state index in [1.807, 2.05) is 86.5 Å². The molecule has 0 aliphatic heterocycles. The number of carbonyl (C=O) groups excluding carboxylic acids is 2. The summed E-state index contributed by atoms with van der Waals surface area (Å²) in [7, 11) is 7.78. The third-order valence-electron chi connectivity index (χ3n) is 5.00. The van der Waals surface area contributed by atoms with Gasteiger partial charge in [-0.05, 0) is 59.7 Å². The molecule has 0 fully saturated rings. The highest BCUT2D eigenvalue weighted by Gasteiger charge is 2.10. The zero-order valence-corrected chi connectivity index (χ0v) is 18.9. The molecule has 0 aliphatic rings. The molecule has 166 valence electrons. The molecule has 0 atom stereocenters. The van der Waals surface area contributed by atoms with Gasteiger partial charge < -0.3 is 19.3 Å². The van der Waals surface area contributed by atoms with Crippen LogP contribution in [0.5, 0.6) is 0 Å². The summed E-state index contributed by atoms with van der Waals surface area (Å²) < 4.78 is 10.8. The first kappa shape index (κ1) is 22.9. The summed E-state index contributed by atoms with van der Waals surface area (Å²) in [5.41, 5.74) is 4.78. The van der Waals surface area contributed by atoms with E-state index >= 15 is 0 Å². The minimum atomic E-state index is -0.367. The summed E-state index contributed by atoms with van der Waals surface area (Å²) in [6.45, 7) is 0.346. The number of carbonyl (C=O) groups is 2. The largest absolute Gasteiger partial charge is 0.457 e. The summed E-state index contributed by atoms with van der Waals surface area (Å²) in [4.78, 5) is 28.4. The Morgan fingerprint density at radius 3 is 1.16 bits per heavy atom. The van der Waals surface area contributed by atoms with Crippen molar-refractivity contribution in [3.05, 3.63) is 95.1 Å². The topological polar surface area (TPSA) is 59.1 Å². The number of anilines is 2. The first-order chi connectivity index (χ1) is 15.3. The van der Waals surface area contributed by atoms with Crippen LogP contribution in [0.25, 0.3) is 0 Å². The van der Waals surface area contributed by atoms with Gasteiger partial charge in [0.15, 0.2) is 0 Å². The highest BCUT2D eigenvalue weighted by Crippen LogP contribution is 2.16. The maximum Gasteiger partial charge on any atom is 0.338 e. The molecular weight excluding hydrogens is 404 g/mol. The first-order valence-electron chi connectivity index (χ1n) is 10.3. The van der Waals surface area contributed by atoms with E-state index in [2.05, 4.69) is 0 Å². The number of hydrogen-bond acceptors (Lipinski definition) is 6. The molecule has 0 saturated heterocycles. The van der Waals surface area contributed by atoms with Crippen LogP contribution in [0.3, 0.4) is 0 Å². The van der Waals surface area contributed by atoms with Gasteiger partial charge in [0.05, 0.1) is 11.1 Å². The highest BCUT2D eigenvalue weighted by atomic mass is 16.5. The lowest BCUT2D eigenvalue weighted by atomic mass is 10.1. The number of rotatable bonds is 8. The normalized spacial score (nSPS) is 10.4. The highest BCUT2D eigenvalue weighted by molar-refractivity contribution is 5.90. The maximum atomic E-state index is 12.2. The summed E-state index contributed by atoms with van der Waals surface area (Å²) in [5, 5.41) is 0. The molecule has 0 unspecified atom stereocenters. The number of nitrogens with zero attached hydrogens (tertiary/aromatic N) is 2. The van der Waals surface area contributed by atoms with Gasteiger partial charge in [-0.15, -0.1) is 0 Å². The molecule has 0 radical (unpaired) electrons. The molecule has 6 nitrogen and oxygen atoms in total. The van der Waals surface area contributed by atoms with Crippen LogP contribution < -0.4 is 9.80 Å². The Kier molecular flexibility index (Phi) is 7.49. The van der Waals surface area contributed by atoms with Crippen molar-refractivity contribution >= 4 is 23.3 Å². The number of benzene rings is 3. The molecule has 0 spiro atoms. The summed E-state index contributed by atoms with van der Waals surface area (Å²) in [6, 6.07) is 22.0. The molecule has 0 amide bonds. The first-order valence-corrected chi connectivity index (χ1v) is 10.3. The second kappa shape index (κ2) is 10.5. The Morgan fingerprint density at radius 2 is 0.875 bits per heavy atom. The lowest BCUT2D eigenvalue weighted by Crippen LogP contribution is -2.10. The average molecular weight is 433 g/mol. The minimum absolute atomic E-state index is 0.173. The SMILES string of the molecule is CN(C)c1ccc(C(=O)OCc2ccc(COC(=O)c3ccc(N(C)C)cc3)cc2)cc1. The third-order valence-corrected chi connectivity index (χ3v) is 5.00. The predicted octanol–water partition coefficient (Wildman–Crippen LogP) is 4.53.